The Kier molecular flexibility index (Phi) is 5.57. The molecule has 2 N–H and O–H groups in total. The van der Waals surface area contributed by atoms with Crippen molar-refractivity contribution in [3.63, 3.8) is 0 Å². The molecule has 0 spiro atoms. The number of nitrogens with zero attached hydrogens (tertiary/aromatic N) is 3. The molecule has 0 amide bonds. The second kappa shape index (κ2) is 7.45. The van der Waals surface area contributed by atoms with E-state index in [1.54, 1.807) is 0 Å². The minimum absolute atomic E-state index is 0.0565. The van der Waals surface area contributed by atoms with Gasteiger partial charge in [0.15, 0.2) is 5.69 Å². The van der Waals surface area contributed by atoms with Crippen LogP contribution in [-0.2, 0) is 16.6 Å². The molecule has 0 radical (unpaired) electrons. The molecule has 0 bridgehead atoms. The van der Waals surface area contributed by atoms with E-state index in [2.05, 4.69) is 15.0 Å². The van der Waals surface area contributed by atoms with E-state index in [1.165, 1.54) is 10.9 Å². The lowest BCUT2D eigenvalue weighted by Crippen LogP contribution is -2.25. The highest BCUT2D eigenvalue weighted by Gasteiger charge is 2.15. The van der Waals surface area contributed by atoms with Crippen LogP contribution in [0.5, 0.6) is 0 Å². The zero-order valence-corrected chi connectivity index (χ0v) is 13.1. The van der Waals surface area contributed by atoms with Gasteiger partial charge in [-0.1, -0.05) is 5.21 Å². The van der Waals surface area contributed by atoms with Crippen LogP contribution in [0.15, 0.2) is 29.3 Å². The number of aromatic nitrogens is 3. The summed E-state index contributed by atoms with van der Waals surface area (Å²) in [7, 11) is -4.00. The molecule has 2 rings (SSSR count). The number of nitrogens with one attached hydrogen (secondary N) is 1. The summed E-state index contributed by atoms with van der Waals surface area (Å²) in [4.78, 5) is 10.2. The summed E-state index contributed by atoms with van der Waals surface area (Å²) in [6, 6.07) is 2.05. The second-order valence-corrected chi connectivity index (χ2v) is 6.65. The van der Waals surface area contributed by atoms with E-state index in [4.69, 9.17) is 5.11 Å². The first kappa shape index (κ1) is 17.9. The predicted molar refractivity (Wildman–Crippen MR) is 77.8 cm³/mol. The van der Waals surface area contributed by atoms with Crippen molar-refractivity contribution in [2.24, 2.45) is 0 Å². The minimum atomic E-state index is -4.00. The van der Waals surface area contributed by atoms with Gasteiger partial charge in [0.2, 0.25) is 10.0 Å². The molecule has 0 saturated heterocycles. The normalized spacial score (nSPS) is 11.6. The smallest absolute Gasteiger partial charge is 0.358 e. The molecule has 8 nitrogen and oxygen atoms in total. The number of hydrogen-bond acceptors (Lipinski definition) is 5. The van der Waals surface area contributed by atoms with Crippen molar-refractivity contribution in [2.45, 2.75) is 24.3 Å². The van der Waals surface area contributed by atoms with Gasteiger partial charge in [-0.05, 0) is 25.0 Å². The third-order valence-electron chi connectivity index (χ3n) is 3.01. The van der Waals surface area contributed by atoms with Crippen molar-refractivity contribution in [1.29, 1.82) is 0 Å². The lowest BCUT2D eigenvalue weighted by molar-refractivity contribution is 0.0690. The van der Waals surface area contributed by atoms with Crippen molar-refractivity contribution in [1.82, 2.24) is 19.7 Å². The van der Waals surface area contributed by atoms with Gasteiger partial charge in [0.25, 0.3) is 0 Å². The molecule has 0 saturated carbocycles. The van der Waals surface area contributed by atoms with Gasteiger partial charge in [-0.25, -0.2) is 26.7 Å². The molecule has 0 fully saturated rings. The van der Waals surface area contributed by atoms with Crippen LogP contribution in [0.3, 0.4) is 0 Å². The molecular formula is C13H14F2N4O4S. The third-order valence-corrected chi connectivity index (χ3v) is 4.45. The minimum Gasteiger partial charge on any atom is -0.476 e. The Morgan fingerprint density at radius 2 is 1.88 bits per heavy atom. The number of benzene rings is 1. The lowest BCUT2D eigenvalue weighted by atomic mass is 10.3. The van der Waals surface area contributed by atoms with Gasteiger partial charge in [0, 0.05) is 19.2 Å². The Hall–Kier alpha value is -2.40. The summed E-state index contributed by atoms with van der Waals surface area (Å²) < 4.78 is 53.5. The van der Waals surface area contributed by atoms with Crippen LogP contribution in [0.4, 0.5) is 8.78 Å². The number of hydrogen-bond donors (Lipinski definition) is 2. The van der Waals surface area contributed by atoms with E-state index in [1.807, 2.05) is 0 Å². The summed E-state index contributed by atoms with van der Waals surface area (Å²) in [6.45, 7) is 0.414. The molecule has 1 aromatic carbocycles. The molecule has 130 valence electrons. The first-order valence-electron chi connectivity index (χ1n) is 6.87. The third kappa shape index (κ3) is 4.80. The predicted octanol–water partition coefficient (Wildman–Crippen LogP) is 1.01. The van der Waals surface area contributed by atoms with Gasteiger partial charge in [-0.2, -0.15) is 0 Å². The molecule has 0 aliphatic rings. The SMILES string of the molecule is O=C(O)c1cn(CCCCNS(=O)(=O)c2cc(F)cc(F)c2)nn1. The monoisotopic (exact) mass is 360 g/mol. The average Bonchev–Trinajstić information content (AvgIpc) is 2.95. The molecule has 0 unspecified atom stereocenters. The number of carboxylic acids is 1. The maximum absolute atomic E-state index is 13.1. The fraction of sp³-hybridized carbons (Fsp3) is 0.308. The van der Waals surface area contributed by atoms with Gasteiger partial charge in [-0.15, -0.1) is 5.10 Å². The summed E-state index contributed by atoms with van der Waals surface area (Å²) >= 11 is 0. The maximum atomic E-state index is 13.1. The van der Waals surface area contributed by atoms with Crippen molar-refractivity contribution >= 4 is 16.0 Å². The Morgan fingerprint density at radius 1 is 1.21 bits per heavy atom. The van der Waals surface area contributed by atoms with Gasteiger partial charge in [-0.3, -0.25) is 4.68 Å². The first-order chi connectivity index (χ1) is 11.3. The van der Waals surface area contributed by atoms with Crippen LogP contribution in [0.2, 0.25) is 0 Å². The van der Waals surface area contributed by atoms with E-state index in [0.717, 1.165) is 12.1 Å². The van der Waals surface area contributed by atoms with Crippen LogP contribution >= 0.6 is 0 Å². The van der Waals surface area contributed by atoms with Crippen LogP contribution in [0.1, 0.15) is 23.3 Å². The van der Waals surface area contributed by atoms with Gasteiger partial charge < -0.3 is 5.11 Å². The molecule has 11 heteroatoms. The van der Waals surface area contributed by atoms with Crippen molar-refractivity contribution in [3.8, 4) is 0 Å². The summed E-state index contributed by atoms with van der Waals surface area (Å²) in [5.41, 5.74) is -0.177. The van der Waals surface area contributed by atoms with Crippen LogP contribution in [-0.4, -0.2) is 41.0 Å². The summed E-state index contributed by atoms with van der Waals surface area (Å²) in [5, 5.41) is 15.8. The summed E-state index contributed by atoms with van der Waals surface area (Å²) in [5.74, 6) is -3.14. The lowest BCUT2D eigenvalue weighted by Gasteiger charge is -2.07. The van der Waals surface area contributed by atoms with E-state index in [0.29, 0.717) is 25.5 Å². The molecule has 1 heterocycles. The van der Waals surface area contributed by atoms with Gasteiger partial charge in [0.1, 0.15) is 11.6 Å². The second-order valence-electron chi connectivity index (χ2n) is 4.88. The van der Waals surface area contributed by atoms with Crippen LogP contribution in [0, 0.1) is 11.6 Å². The van der Waals surface area contributed by atoms with E-state index in [9.17, 15) is 22.0 Å². The fourth-order valence-corrected chi connectivity index (χ4v) is 2.99. The van der Waals surface area contributed by atoms with Crippen molar-refractivity contribution < 1.29 is 27.1 Å². The highest BCUT2D eigenvalue weighted by Crippen LogP contribution is 2.13. The molecule has 1 aromatic heterocycles. The largest absolute Gasteiger partial charge is 0.476 e. The van der Waals surface area contributed by atoms with E-state index < -0.39 is 32.5 Å². The number of unbranched alkanes of at least 4 members (excludes halogenated alkanes) is 1. The highest BCUT2D eigenvalue weighted by molar-refractivity contribution is 7.89. The number of halogens is 2. The topological polar surface area (TPSA) is 114 Å². The van der Waals surface area contributed by atoms with Gasteiger partial charge in [0.05, 0.1) is 11.1 Å². The Labute approximate surface area is 136 Å². The van der Waals surface area contributed by atoms with Crippen molar-refractivity contribution in [2.75, 3.05) is 6.54 Å². The molecule has 0 atom stereocenters. The fourth-order valence-electron chi connectivity index (χ4n) is 1.88. The molecule has 24 heavy (non-hydrogen) atoms. The molecule has 2 aromatic rings. The zero-order chi connectivity index (χ0) is 17.7. The number of carboxylic acid groups (broad SMARTS) is 1. The Balaban J connectivity index is 1.81. The number of aromatic carboxylic acids is 1. The number of aryl methyl sites for hydroxylation is 1. The Morgan fingerprint density at radius 3 is 2.46 bits per heavy atom. The quantitative estimate of drug-likeness (QED) is 0.679. The molecule has 0 aliphatic heterocycles. The average molecular weight is 360 g/mol. The van der Waals surface area contributed by atoms with Crippen LogP contribution < -0.4 is 4.72 Å². The summed E-state index contributed by atoms with van der Waals surface area (Å²) in [6.07, 6.45) is 2.18. The number of rotatable bonds is 8. The molecular weight excluding hydrogens is 346 g/mol. The van der Waals surface area contributed by atoms with Crippen molar-refractivity contribution in [3.05, 3.63) is 41.7 Å². The number of carbonyl (C=O) groups is 1. The Bertz CT molecular complexity index is 818. The zero-order valence-electron chi connectivity index (χ0n) is 12.3. The van der Waals surface area contributed by atoms with E-state index >= 15 is 0 Å². The van der Waals surface area contributed by atoms with Gasteiger partial charge >= 0.3 is 5.97 Å². The van der Waals surface area contributed by atoms with E-state index in [-0.39, 0.29) is 12.2 Å². The molecule has 0 aliphatic carbocycles. The first-order valence-corrected chi connectivity index (χ1v) is 8.35. The van der Waals surface area contributed by atoms with Crippen LogP contribution in [0.25, 0.3) is 0 Å². The standard InChI is InChI=1S/C13H14F2N4O4S/c14-9-5-10(15)7-11(6-9)24(22,23)16-3-1-2-4-19-8-12(13(20)21)17-18-19/h5-8,16H,1-4H2,(H,20,21). The highest BCUT2D eigenvalue weighted by atomic mass is 32.2. The maximum Gasteiger partial charge on any atom is 0.358 e. The number of sulfonamides is 1.